The summed E-state index contributed by atoms with van der Waals surface area (Å²) in [5.74, 6) is -2.81. The van der Waals surface area contributed by atoms with E-state index >= 15 is 0 Å². The zero-order valence-corrected chi connectivity index (χ0v) is 50.9. The molecule has 0 bridgehead atoms. The number of aryl methyl sites for hydroxylation is 1. The maximum Gasteiger partial charge on any atom is 0.320 e. The molecule has 446 valence electrons. The van der Waals surface area contributed by atoms with E-state index in [-0.39, 0.29) is 45.0 Å². The van der Waals surface area contributed by atoms with Gasteiger partial charge in [-0.05, 0) is 149 Å². The lowest BCUT2D eigenvalue weighted by Gasteiger charge is -2.38. The van der Waals surface area contributed by atoms with Crippen LogP contribution in [0.4, 0.5) is 5.69 Å². The molecule has 0 N–H and O–H groups in total. The minimum atomic E-state index is -0.804. The lowest BCUT2D eigenvalue weighted by Crippen LogP contribution is -2.53. The highest BCUT2D eigenvalue weighted by molar-refractivity contribution is 5.76. The summed E-state index contributed by atoms with van der Waals surface area (Å²) in [7, 11) is 0. The first-order chi connectivity index (χ1) is 35.6. The fraction of sp³-hybridized carbons (Fsp3) is 0.789. The van der Waals surface area contributed by atoms with E-state index in [1.807, 2.05) is 51.3 Å². The number of nitro benzene ring substituents is 1. The van der Waals surface area contributed by atoms with Crippen LogP contribution in [0.3, 0.4) is 0 Å². The average molecular weight is 1110 g/mol. The van der Waals surface area contributed by atoms with E-state index in [2.05, 4.69) is 9.80 Å². The summed E-state index contributed by atoms with van der Waals surface area (Å²) in [4.78, 5) is 104. The number of benzene rings is 1. The third-order valence-corrected chi connectivity index (χ3v) is 11.4. The first-order valence-electron chi connectivity index (χ1n) is 27.5. The van der Waals surface area contributed by atoms with E-state index in [0.717, 1.165) is 5.56 Å². The second kappa shape index (κ2) is 30.7. The van der Waals surface area contributed by atoms with Crippen molar-refractivity contribution >= 4 is 41.5 Å². The number of non-ortho nitro benzene ring substituents is 1. The van der Waals surface area contributed by atoms with Crippen molar-refractivity contribution in [2.45, 2.75) is 184 Å². The zero-order valence-electron chi connectivity index (χ0n) is 50.9. The van der Waals surface area contributed by atoms with Crippen LogP contribution in [0.1, 0.15) is 143 Å². The second-order valence-electron chi connectivity index (χ2n) is 26.3. The molecule has 21 heteroatoms. The predicted octanol–water partition coefficient (Wildman–Crippen LogP) is 6.16. The highest BCUT2D eigenvalue weighted by Crippen LogP contribution is 2.20. The number of carbonyl (C=O) groups excluding carboxylic acids is 6. The molecule has 1 atom stereocenters. The monoisotopic (exact) mass is 1110 g/mol. The van der Waals surface area contributed by atoms with Crippen LogP contribution in [0.2, 0.25) is 0 Å². The molecule has 0 radical (unpaired) electrons. The summed E-state index contributed by atoms with van der Waals surface area (Å²) in [6, 6.07) is 5.97. The molecule has 1 heterocycles. The Labute approximate surface area is 466 Å². The predicted molar refractivity (Wildman–Crippen MR) is 299 cm³/mol. The van der Waals surface area contributed by atoms with Crippen LogP contribution in [-0.2, 0) is 63.6 Å². The molecule has 1 aliphatic rings. The first kappa shape index (κ1) is 69.3. The molecular weight excluding hydrogens is 1010 g/mol. The molecule has 0 spiro atoms. The maximum absolute atomic E-state index is 13.7. The number of carbonyl (C=O) groups is 6. The van der Waals surface area contributed by atoms with Crippen molar-refractivity contribution in [1.29, 1.82) is 0 Å². The molecule has 1 unspecified atom stereocenters. The molecule has 1 aliphatic heterocycles. The third-order valence-electron chi connectivity index (χ3n) is 11.4. The standard InChI is InChI=1S/C57H99N7O14/c1-52(2,3)73-46(65)37-60-29-26-58(28-35-62(39-48(67)75-54(7,8)9)40-49(68)76-55(10,11)12)27-30-61(38-47(66)74-53(4,5)6)34-32-59(31-33-60)36-45(21-19-20-43-22-24-44(25-23-43)64(71)72)63(41-50(69)77-56(13,14)15)42-51(70)78-57(16,17)18/h22-25,45H,19-21,26-42H2,1-18H3. The molecule has 21 nitrogen and oxygen atoms in total. The van der Waals surface area contributed by atoms with Gasteiger partial charge in [0.2, 0.25) is 0 Å². The van der Waals surface area contributed by atoms with Crippen LogP contribution < -0.4 is 0 Å². The summed E-state index contributed by atoms with van der Waals surface area (Å²) in [6.45, 7) is 35.9. The first-order valence-corrected chi connectivity index (χ1v) is 27.5. The van der Waals surface area contributed by atoms with Crippen molar-refractivity contribution in [3.63, 3.8) is 0 Å². The van der Waals surface area contributed by atoms with E-state index in [0.29, 0.717) is 91.3 Å². The largest absolute Gasteiger partial charge is 0.459 e. The number of hydrogen-bond acceptors (Lipinski definition) is 20. The highest BCUT2D eigenvalue weighted by Gasteiger charge is 2.32. The van der Waals surface area contributed by atoms with Crippen LogP contribution >= 0.6 is 0 Å². The normalized spacial score (nSPS) is 16.2. The van der Waals surface area contributed by atoms with Crippen LogP contribution in [0.5, 0.6) is 0 Å². The van der Waals surface area contributed by atoms with Gasteiger partial charge in [0.05, 0.1) is 44.2 Å². The van der Waals surface area contributed by atoms with Crippen molar-refractivity contribution < 1.29 is 62.1 Å². The average Bonchev–Trinajstić information content (AvgIpc) is 3.21. The number of rotatable bonds is 23. The van der Waals surface area contributed by atoms with Gasteiger partial charge < -0.3 is 28.4 Å². The Bertz CT molecular complexity index is 1970. The molecule has 2 rings (SSSR count). The van der Waals surface area contributed by atoms with E-state index in [1.54, 1.807) is 105 Å². The Hall–Kier alpha value is -4.80. The minimum Gasteiger partial charge on any atom is -0.459 e. The number of hydrogen-bond donors (Lipinski definition) is 0. The fourth-order valence-corrected chi connectivity index (χ4v) is 8.43. The van der Waals surface area contributed by atoms with Crippen LogP contribution in [-0.4, -0.2) is 221 Å². The molecule has 0 saturated carbocycles. The van der Waals surface area contributed by atoms with Crippen molar-refractivity contribution in [1.82, 2.24) is 29.4 Å². The van der Waals surface area contributed by atoms with E-state index < -0.39 is 80.4 Å². The number of esters is 6. The second-order valence-corrected chi connectivity index (χ2v) is 26.3. The summed E-state index contributed by atoms with van der Waals surface area (Å²) >= 11 is 0. The highest BCUT2D eigenvalue weighted by atomic mass is 16.6. The van der Waals surface area contributed by atoms with Crippen molar-refractivity contribution in [2.24, 2.45) is 0 Å². The Balaban J connectivity index is 2.71. The van der Waals surface area contributed by atoms with Gasteiger partial charge in [0.25, 0.3) is 5.69 Å². The number of nitrogens with zero attached hydrogens (tertiary/aromatic N) is 7. The lowest BCUT2D eigenvalue weighted by molar-refractivity contribution is -0.384. The maximum atomic E-state index is 13.7. The SMILES string of the molecule is CC(C)(C)OC(=O)CN1CCN(CCN(CC(=O)OC(C)(C)C)CC(=O)OC(C)(C)C)CCN(CC(=O)OC(C)(C)C)CCN(CC(CCCc2ccc([N+](=O)[O-])cc2)N(CC(=O)OC(C)(C)C)CC(=O)OC(C)(C)C)CC1. The van der Waals surface area contributed by atoms with Gasteiger partial charge >= 0.3 is 35.8 Å². The van der Waals surface area contributed by atoms with E-state index in [9.17, 15) is 38.9 Å². The van der Waals surface area contributed by atoms with E-state index in [1.165, 1.54) is 12.1 Å². The van der Waals surface area contributed by atoms with Gasteiger partial charge in [0.1, 0.15) is 33.6 Å². The van der Waals surface area contributed by atoms with Gasteiger partial charge in [-0.1, -0.05) is 12.1 Å². The Morgan fingerprint density at radius 1 is 0.487 bits per heavy atom. The molecule has 0 aromatic heterocycles. The van der Waals surface area contributed by atoms with Crippen LogP contribution in [0.15, 0.2) is 24.3 Å². The zero-order chi connectivity index (χ0) is 59.5. The molecule has 1 aromatic carbocycles. The van der Waals surface area contributed by atoms with Gasteiger partial charge in [-0.25, -0.2) is 0 Å². The van der Waals surface area contributed by atoms with Crippen molar-refractivity contribution in [3.05, 3.63) is 39.9 Å². The summed E-state index contributed by atoms with van der Waals surface area (Å²) in [6.07, 6.45) is 1.65. The van der Waals surface area contributed by atoms with E-state index in [4.69, 9.17) is 28.4 Å². The minimum absolute atomic E-state index is 0.0146. The quantitative estimate of drug-likeness (QED) is 0.0518. The smallest absolute Gasteiger partial charge is 0.320 e. The van der Waals surface area contributed by atoms with Crippen LogP contribution in [0, 0.1) is 10.1 Å². The number of ether oxygens (including phenoxy) is 6. The molecule has 78 heavy (non-hydrogen) atoms. The molecule has 1 fully saturated rings. The molecule has 1 saturated heterocycles. The molecule has 0 aliphatic carbocycles. The Morgan fingerprint density at radius 2 is 0.808 bits per heavy atom. The molecule has 0 amide bonds. The van der Waals surface area contributed by atoms with Gasteiger partial charge in [-0.15, -0.1) is 0 Å². The third kappa shape index (κ3) is 33.6. The lowest BCUT2D eigenvalue weighted by atomic mass is 10.0. The van der Waals surface area contributed by atoms with Crippen molar-refractivity contribution in [2.75, 3.05) is 111 Å². The summed E-state index contributed by atoms with van der Waals surface area (Å²) in [5, 5.41) is 11.4. The van der Waals surface area contributed by atoms with Crippen LogP contribution in [0.25, 0.3) is 0 Å². The Kier molecular flexibility index (Phi) is 27.3. The fourth-order valence-electron chi connectivity index (χ4n) is 8.43. The Morgan fingerprint density at radius 3 is 1.15 bits per heavy atom. The van der Waals surface area contributed by atoms with Gasteiger partial charge in [-0.2, -0.15) is 0 Å². The summed E-state index contributed by atoms with van der Waals surface area (Å²) < 4.78 is 34.6. The number of nitro groups is 1. The summed E-state index contributed by atoms with van der Waals surface area (Å²) in [5.41, 5.74) is -3.69. The molecular formula is C57H99N7O14. The topological polar surface area (TPSA) is 220 Å². The molecule has 1 aromatic rings. The van der Waals surface area contributed by atoms with Crippen molar-refractivity contribution in [3.8, 4) is 0 Å². The van der Waals surface area contributed by atoms with Gasteiger partial charge in [-0.3, -0.25) is 68.3 Å². The van der Waals surface area contributed by atoms with Gasteiger partial charge in [0, 0.05) is 90.2 Å². The van der Waals surface area contributed by atoms with Gasteiger partial charge in [0.15, 0.2) is 0 Å².